The van der Waals surface area contributed by atoms with Gasteiger partial charge in [-0.1, -0.05) is 30.3 Å². The number of hydrogen-bond acceptors (Lipinski definition) is 4. The molecule has 0 spiro atoms. The van der Waals surface area contributed by atoms with Crippen molar-refractivity contribution in [2.75, 3.05) is 32.4 Å². The number of carbonyl (C=O) groups excluding carboxylic acids is 1. The summed E-state index contributed by atoms with van der Waals surface area (Å²) in [6.45, 7) is 6.75. The lowest BCUT2D eigenvalue weighted by Gasteiger charge is -2.35. The molecule has 1 amide bonds. The zero-order valence-corrected chi connectivity index (χ0v) is 19.3. The van der Waals surface area contributed by atoms with Crippen molar-refractivity contribution in [2.45, 2.75) is 37.5 Å². The van der Waals surface area contributed by atoms with Gasteiger partial charge in [-0.25, -0.2) is 0 Å². The summed E-state index contributed by atoms with van der Waals surface area (Å²) in [7, 11) is 1.77. The third-order valence-electron chi connectivity index (χ3n) is 5.00. The SMILES string of the molecule is CN=C(NCCSc1ccccc1)NCc1ccc(C(=O)N2CC(C)OC(C)C2)cc1. The van der Waals surface area contributed by atoms with Gasteiger partial charge < -0.3 is 20.3 Å². The van der Waals surface area contributed by atoms with Gasteiger partial charge in [0, 0.05) is 49.4 Å². The molecule has 6 nitrogen and oxygen atoms in total. The molecule has 2 aromatic rings. The molecule has 1 fully saturated rings. The zero-order chi connectivity index (χ0) is 22.1. The summed E-state index contributed by atoms with van der Waals surface area (Å²) in [6, 6.07) is 18.2. The Kier molecular flexibility index (Phi) is 8.79. The largest absolute Gasteiger partial charge is 0.372 e. The molecule has 2 unspecified atom stereocenters. The summed E-state index contributed by atoms with van der Waals surface area (Å²) in [6.07, 6.45) is 0.142. The van der Waals surface area contributed by atoms with Gasteiger partial charge in [0.05, 0.1) is 12.2 Å². The highest BCUT2D eigenvalue weighted by Gasteiger charge is 2.26. The van der Waals surface area contributed by atoms with Gasteiger partial charge in [0.2, 0.25) is 0 Å². The Hall–Kier alpha value is -2.51. The molecule has 166 valence electrons. The van der Waals surface area contributed by atoms with Gasteiger partial charge >= 0.3 is 0 Å². The Balaban J connectivity index is 1.43. The number of ether oxygens (including phenoxy) is 1. The minimum atomic E-state index is 0.0647. The van der Waals surface area contributed by atoms with Crippen LogP contribution in [0.2, 0.25) is 0 Å². The summed E-state index contributed by atoms with van der Waals surface area (Å²) in [5.74, 6) is 1.79. The second-order valence-corrected chi connectivity index (χ2v) is 8.85. The summed E-state index contributed by atoms with van der Waals surface area (Å²) in [4.78, 5) is 20.2. The number of nitrogens with zero attached hydrogens (tertiary/aromatic N) is 2. The fraction of sp³-hybridized carbons (Fsp3) is 0.417. The van der Waals surface area contributed by atoms with Crippen LogP contribution in [0.1, 0.15) is 29.8 Å². The van der Waals surface area contributed by atoms with E-state index in [1.165, 1.54) is 4.90 Å². The number of benzene rings is 2. The molecule has 1 aliphatic rings. The number of rotatable bonds is 7. The van der Waals surface area contributed by atoms with Crippen molar-refractivity contribution < 1.29 is 9.53 Å². The molecule has 1 saturated heterocycles. The number of amides is 1. The number of thioether (sulfide) groups is 1. The molecule has 0 radical (unpaired) electrons. The third-order valence-corrected chi connectivity index (χ3v) is 6.01. The molecule has 2 N–H and O–H groups in total. The predicted molar refractivity (Wildman–Crippen MR) is 128 cm³/mol. The minimum absolute atomic E-state index is 0.0647. The molecule has 7 heteroatoms. The van der Waals surface area contributed by atoms with Crippen LogP contribution < -0.4 is 10.6 Å². The maximum atomic E-state index is 12.8. The number of nitrogens with one attached hydrogen (secondary N) is 2. The standard InChI is InChI=1S/C24H32N4O2S/c1-18-16-28(17-19(2)30-18)23(29)21-11-9-20(10-12-21)15-27-24(25-3)26-13-14-31-22-7-5-4-6-8-22/h4-12,18-19H,13-17H2,1-3H3,(H2,25,26,27). The van der Waals surface area contributed by atoms with Gasteiger partial charge in [-0.15, -0.1) is 11.8 Å². The average molecular weight is 441 g/mol. The first kappa shape index (κ1) is 23.2. The van der Waals surface area contributed by atoms with E-state index in [4.69, 9.17) is 4.74 Å². The van der Waals surface area contributed by atoms with E-state index in [0.29, 0.717) is 25.2 Å². The van der Waals surface area contributed by atoms with E-state index in [9.17, 15) is 4.79 Å². The van der Waals surface area contributed by atoms with Crippen molar-refractivity contribution in [1.29, 1.82) is 0 Å². The average Bonchev–Trinajstić information content (AvgIpc) is 2.78. The van der Waals surface area contributed by atoms with Crippen LogP contribution in [0.15, 0.2) is 64.5 Å². The van der Waals surface area contributed by atoms with Crippen LogP contribution in [0.4, 0.5) is 0 Å². The minimum Gasteiger partial charge on any atom is -0.372 e. The molecular weight excluding hydrogens is 408 g/mol. The molecule has 1 aliphatic heterocycles. The van der Waals surface area contributed by atoms with Crippen molar-refractivity contribution in [1.82, 2.24) is 15.5 Å². The van der Waals surface area contributed by atoms with Gasteiger partial charge in [0.25, 0.3) is 5.91 Å². The first-order valence-electron chi connectivity index (χ1n) is 10.7. The molecule has 3 rings (SSSR count). The lowest BCUT2D eigenvalue weighted by atomic mass is 10.1. The van der Waals surface area contributed by atoms with Crippen LogP contribution in [0, 0.1) is 0 Å². The van der Waals surface area contributed by atoms with Crippen LogP contribution >= 0.6 is 11.8 Å². The lowest BCUT2D eigenvalue weighted by molar-refractivity contribution is -0.0586. The zero-order valence-electron chi connectivity index (χ0n) is 18.5. The van der Waals surface area contributed by atoms with Crippen LogP contribution in [0.25, 0.3) is 0 Å². The second-order valence-electron chi connectivity index (χ2n) is 7.68. The maximum Gasteiger partial charge on any atom is 0.254 e. The van der Waals surface area contributed by atoms with Crippen molar-refractivity contribution in [2.24, 2.45) is 4.99 Å². The van der Waals surface area contributed by atoms with Crippen molar-refractivity contribution in [3.63, 3.8) is 0 Å². The van der Waals surface area contributed by atoms with E-state index in [-0.39, 0.29) is 18.1 Å². The Morgan fingerprint density at radius 1 is 1.06 bits per heavy atom. The quantitative estimate of drug-likeness (QED) is 0.299. The third kappa shape index (κ3) is 7.29. The first-order chi connectivity index (χ1) is 15.0. The van der Waals surface area contributed by atoms with E-state index >= 15 is 0 Å². The molecular formula is C24H32N4O2S. The Labute approximate surface area is 189 Å². The van der Waals surface area contributed by atoms with Crippen molar-refractivity contribution in [3.05, 3.63) is 65.7 Å². The maximum absolute atomic E-state index is 12.8. The first-order valence-corrected chi connectivity index (χ1v) is 11.7. The monoisotopic (exact) mass is 440 g/mol. The molecule has 0 aliphatic carbocycles. The fourth-order valence-corrected chi connectivity index (χ4v) is 4.34. The van der Waals surface area contributed by atoms with Crippen molar-refractivity contribution in [3.8, 4) is 0 Å². The molecule has 31 heavy (non-hydrogen) atoms. The molecule has 0 bridgehead atoms. The highest BCUT2D eigenvalue weighted by molar-refractivity contribution is 7.99. The van der Waals surface area contributed by atoms with Gasteiger partial charge in [-0.2, -0.15) is 0 Å². The molecule has 2 atom stereocenters. The van der Waals surface area contributed by atoms with Crippen LogP contribution in [-0.2, 0) is 11.3 Å². The summed E-state index contributed by atoms with van der Waals surface area (Å²) in [5, 5.41) is 6.66. The lowest BCUT2D eigenvalue weighted by Crippen LogP contribution is -2.48. The van der Waals surface area contributed by atoms with E-state index < -0.39 is 0 Å². The van der Waals surface area contributed by atoms with E-state index in [1.807, 2.05) is 60.8 Å². The summed E-state index contributed by atoms with van der Waals surface area (Å²) < 4.78 is 5.72. The Bertz CT molecular complexity index is 848. The molecule has 2 aromatic carbocycles. The highest BCUT2D eigenvalue weighted by Crippen LogP contribution is 2.16. The van der Waals surface area contributed by atoms with Gasteiger partial charge in [0.1, 0.15) is 0 Å². The van der Waals surface area contributed by atoms with Gasteiger partial charge in [-0.05, 0) is 43.7 Å². The Morgan fingerprint density at radius 3 is 2.39 bits per heavy atom. The van der Waals surface area contributed by atoms with Gasteiger partial charge in [0.15, 0.2) is 5.96 Å². The Morgan fingerprint density at radius 2 is 1.74 bits per heavy atom. The van der Waals surface area contributed by atoms with Crippen LogP contribution in [0.5, 0.6) is 0 Å². The number of guanidine groups is 1. The highest BCUT2D eigenvalue weighted by atomic mass is 32.2. The summed E-state index contributed by atoms with van der Waals surface area (Å²) >= 11 is 1.81. The number of aliphatic imine (C=N–C) groups is 1. The normalized spacial score (nSPS) is 19.2. The smallest absolute Gasteiger partial charge is 0.254 e. The molecule has 0 aromatic heterocycles. The van der Waals surface area contributed by atoms with E-state index in [1.54, 1.807) is 7.05 Å². The van der Waals surface area contributed by atoms with Crippen molar-refractivity contribution >= 4 is 23.6 Å². The molecule has 1 heterocycles. The topological polar surface area (TPSA) is 66.0 Å². The second kappa shape index (κ2) is 11.8. The van der Waals surface area contributed by atoms with E-state index in [0.717, 1.165) is 23.8 Å². The fourth-order valence-electron chi connectivity index (χ4n) is 3.55. The van der Waals surface area contributed by atoms with E-state index in [2.05, 4.69) is 39.9 Å². The molecule has 0 saturated carbocycles. The van der Waals surface area contributed by atoms with Crippen LogP contribution in [0.3, 0.4) is 0 Å². The van der Waals surface area contributed by atoms with Crippen LogP contribution in [-0.4, -0.2) is 61.4 Å². The number of hydrogen-bond donors (Lipinski definition) is 2. The number of carbonyl (C=O) groups is 1. The summed E-state index contributed by atoms with van der Waals surface area (Å²) in [5.41, 5.74) is 1.81. The van der Waals surface area contributed by atoms with Gasteiger partial charge in [-0.3, -0.25) is 9.79 Å². The number of morpholine rings is 1. The predicted octanol–water partition coefficient (Wildman–Crippen LogP) is 3.39.